The average molecular weight is 140 g/mol. The van der Waals surface area contributed by atoms with E-state index in [1.165, 1.54) is 12.1 Å². The highest BCUT2D eigenvalue weighted by atomic mass is 19.1. The second-order valence-corrected chi connectivity index (χ2v) is 1.38. The van der Waals surface area contributed by atoms with Crippen LogP contribution in [0.25, 0.3) is 0 Å². The van der Waals surface area contributed by atoms with Crippen LogP contribution in [-0.4, -0.2) is 6.15 Å². The van der Waals surface area contributed by atoms with Crippen LogP contribution in [0.4, 0.5) is 4.39 Å². The van der Waals surface area contributed by atoms with Crippen molar-refractivity contribution < 1.29 is 14.0 Å². The van der Waals surface area contributed by atoms with E-state index in [4.69, 9.17) is 9.59 Å². The van der Waals surface area contributed by atoms with Crippen molar-refractivity contribution in [3.8, 4) is 0 Å². The number of rotatable bonds is 0. The molecule has 0 fully saturated rings. The minimum absolute atomic E-state index is 0.178. The van der Waals surface area contributed by atoms with E-state index in [-0.39, 0.29) is 12.0 Å². The molecule has 0 radical (unpaired) electrons. The van der Waals surface area contributed by atoms with Crippen LogP contribution in [0.15, 0.2) is 30.3 Å². The normalized spacial score (nSPS) is 6.90. The smallest absolute Gasteiger partial charge is 0.207 e. The molecule has 10 heavy (non-hydrogen) atoms. The predicted octanol–water partition coefficient (Wildman–Crippen LogP) is 1.24. The summed E-state index contributed by atoms with van der Waals surface area (Å²) in [5, 5.41) is 0. The van der Waals surface area contributed by atoms with E-state index in [2.05, 4.69) is 0 Å². The first kappa shape index (κ1) is 8.53. The van der Waals surface area contributed by atoms with Crippen molar-refractivity contribution in [1.82, 2.24) is 0 Å². The highest BCUT2D eigenvalue weighted by molar-refractivity contribution is 5.20. The first-order chi connectivity index (χ1) is 4.81. The van der Waals surface area contributed by atoms with Gasteiger partial charge in [-0.05, 0) is 12.1 Å². The molecule has 0 saturated heterocycles. The van der Waals surface area contributed by atoms with Crippen molar-refractivity contribution >= 4 is 6.15 Å². The summed E-state index contributed by atoms with van der Waals surface area (Å²) in [4.78, 5) is 16.2. The van der Waals surface area contributed by atoms with Crippen LogP contribution in [0.1, 0.15) is 0 Å². The Bertz CT molecular complexity index is 202. The fraction of sp³-hybridized carbons (Fsp3) is 0. The maximum absolute atomic E-state index is 11.9. The van der Waals surface area contributed by atoms with Gasteiger partial charge >= 0.3 is 6.15 Å². The Hall–Kier alpha value is -1.47. The summed E-state index contributed by atoms with van der Waals surface area (Å²) in [5.74, 6) is -0.178. The molecule has 0 aliphatic carbocycles. The lowest BCUT2D eigenvalue weighted by Gasteiger charge is -1.78. The van der Waals surface area contributed by atoms with E-state index in [1.54, 1.807) is 18.2 Å². The zero-order valence-corrected chi connectivity index (χ0v) is 5.08. The Morgan fingerprint density at radius 3 is 1.70 bits per heavy atom. The zero-order valence-electron chi connectivity index (χ0n) is 5.08. The number of halogens is 1. The number of carbonyl (C=O) groups excluding carboxylic acids is 2. The van der Waals surface area contributed by atoms with Gasteiger partial charge in [-0.3, -0.25) is 0 Å². The molecule has 0 spiro atoms. The molecule has 0 bridgehead atoms. The number of benzene rings is 1. The average Bonchev–Trinajstić information content (AvgIpc) is 1.91. The molecule has 0 heterocycles. The summed E-state index contributed by atoms with van der Waals surface area (Å²) in [7, 11) is 0. The van der Waals surface area contributed by atoms with Crippen molar-refractivity contribution in [3.05, 3.63) is 36.1 Å². The van der Waals surface area contributed by atoms with Crippen molar-refractivity contribution in [2.75, 3.05) is 0 Å². The lowest BCUT2D eigenvalue weighted by molar-refractivity contribution is -0.191. The van der Waals surface area contributed by atoms with E-state index in [0.29, 0.717) is 0 Å². The molecule has 0 aliphatic rings. The van der Waals surface area contributed by atoms with Gasteiger partial charge < -0.3 is 0 Å². The van der Waals surface area contributed by atoms with Crippen LogP contribution in [0.2, 0.25) is 0 Å². The zero-order chi connectivity index (χ0) is 7.82. The summed E-state index contributed by atoms with van der Waals surface area (Å²) in [5.41, 5.74) is 0. The summed E-state index contributed by atoms with van der Waals surface area (Å²) in [6.07, 6.45) is 0.250. The van der Waals surface area contributed by atoms with Crippen LogP contribution in [-0.2, 0) is 9.59 Å². The van der Waals surface area contributed by atoms with Gasteiger partial charge in [0.2, 0.25) is 0 Å². The Balaban J connectivity index is 0.000000236. The maximum Gasteiger partial charge on any atom is 0.373 e. The van der Waals surface area contributed by atoms with E-state index < -0.39 is 0 Å². The molecule has 52 valence electrons. The first-order valence-corrected chi connectivity index (χ1v) is 2.51. The summed E-state index contributed by atoms with van der Waals surface area (Å²) >= 11 is 0. The van der Waals surface area contributed by atoms with Crippen molar-refractivity contribution in [1.29, 1.82) is 0 Å². The molecular formula is C7H5FO2. The molecule has 3 heteroatoms. The number of hydrogen-bond donors (Lipinski definition) is 0. The SMILES string of the molecule is Fc1ccccc1.O=C=O. The molecule has 1 rings (SSSR count). The molecule has 0 unspecified atom stereocenters. The van der Waals surface area contributed by atoms with Crippen LogP contribution >= 0.6 is 0 Å². The molecule has 2 nitrogen and oxygen atoms in total. The standard InChI is InChI=1S/C6H5F.CO2/c7-6-4-2-1-3-5-6;2-1-3/h1-5H;. The Morgan fingerprint density at radius 1 is 1.10 bits per heavy atom. The van der Waals surface area contributed by atoms with Gasteiger partial charge in [-0.2, -0.15) is 9.59 Å². The third-order valence-electron chi connectivity index (χ3n) is 0.733. The molecule has 0 aliphatic heterocycles. The largest absolute Gasteiger partial charge is 0.373 e. The monoisotopic (exact) mass is 140 g/mol. The van der Waals surface area contributed by atoms with Gasteiger partial charge in [-0.15, -0.1) is 0 Å². The van der Waals surface area contributed by atoms with Crippen molar-refractivity contribution in [2.45, 2.75) is 0 Å². The quantitative estimate of drug-likeness (QED) is 0.543. The highest BCUT2D eigenvalue weighted by Gasteiger charge is 1.77. The molecular weight excluding hydrogens is 135 g/mol. The predicted molar refractivity (Wildman–Crippen MR) is 31.4 cm³/mol. The van der Waals surface area contributed by atoms with Crippen LogP contribution in [0.3, 0.4) is 0 Å². The fourth-order valence-electron chi connectivity index (χ4n) is 0.415. The third kappa shape index (κ3) is 4.68. The third-order valence-corrected chi connectivity index (χ3v) is 0.733. The van der Waals surface area contributed by atoms with Gasteiger partial charge in [0, 0.05) is 0 Å². The minimum atomic E-state index is -0.178. The molecule has 1 aromatic carbocycles. The van der Waals surface area contributed by atoms with Gasteiger partial charge in [0.05, 0.1) is 0 Å². The van der Waals surface area contributed by atoms with E-state index in [9.17, 15) is 4.39 Å². The fourth-order valence-corrected chi connectivity index (χ4v) is 0.415. The second kappa shape index (κ2) is 5.66. The summed E-state index contributed by atoms with van der Waals surface area (Å²) in [6, 6.07) is 7.94. The van der Waals surface area contributed by atoms with E-state index in [1.807, 2.05) is 0 Å². The molecule has 0 amide bonds. The lowest BCUT2D eigenvalue weighted by atomic mass is 10.4. The van der Waals surface area contributed by atoms with Crippen LogP contribution < -0.4 is 0 Å². The van der Waals surface area contributed by atoms with Crippen molar-refractivity contribution in [3.63, 3.8) is 0 Å². The Morgan fingerprint density at radius 2 is 1.50 bits per heavy atom. The first-order valence-electron chi connectivity index (χ1n) is 2.51. The maximum atomic E-state index is 11.9. The van der Waals surface area contributed by atoms with E-state index >= 15 is 0 Å². The molecule has 0 aromatic heterocycles. The van der Waals surface area contributed by atoms with Gasteiger partial charge in [0.15, 0.2) is 0 Å². The van der Waals surface area contributed by atoms with Gasteiger partial charge in [0.25, 0.3) is 0 Å². The summed E-state index contributed by atoms with van der Waals surface area (Å²) < 4.78 is 11.9. The Labute approximate surface area is 57.3 Å². The second-order valence-electron chi connectivity index (χ2n) is 1.38. The van der Waals surface area contributed by atoms with Gasteiger partial charge in [-0.1, -0.05) is 18.2 Å². The van der Waals surface area contributed by atoms with Gasteiger partial charge in [-0.25, -0.2) is 4.39 Å². The van der Waals surface area contributed by atoms with E-state index in [0.717, 1.165) is 0 Å². The number of hydrogen-bond acceptors (Lipinski definition) is 2. The van der Waals surface area contributed by atoms with Gasteiger partial charge in [0.1, 0.15) is 5.82 Å². The minimum Gasteiger partial charge on any atom is -0.207 e. The van der Waals surface area contributed by atoms with Crippen LogP contribution in [0, 0.1) is 5.82 Å². The molecule has 0 N–H and O–H groups in total. The topological polar surface area (TPSA) is 34.1 Å². The highest BCUT2D eigenvalue weighted by Crippen LogP contribution is 1.91. The molecule has 0 atom stereocenters. The Kier molecular flexibility index (Phi) is 4.83. The van der Waals surface area contributed by atoms with Crippen LogP contribution in [0.5, 0.6) is 0 Å². The lowest BCUT2D eigenvalue weighted by Crippen LogP contribution is -1.63. The molecule has 0 saturated carbocycles. The molecule has 1 aromatic rings. The summed E-state index contributed by atoms with van der Waals surface area (Å²) in [6.45, 7) is 0. The van der Waals surface area contributed by atoms with Crippen molar-refractivity contribution in [2.24, 2.45) is 0 Å².